The Morgan fingerprint density at radius 3 is 2.65 bits per heavy atom. The summed E-state index contributed by atoms with van der Waals surface area (Å²) in [4.78, 5) is 0.194. The molecule has 0 bridgehead atoms. The highest BCUT2D eigenvalue weighted by atomic mass is 32.2. The van der Waals surface area contributed by atoms with Crippen molar-refractivity contribution in [1.82, 2.24) is 19.7 Å². The van der Waals surface area contributed by atoms with Gasteiger partial charge in [-0.15, -0.1) is 5.10 Å². The summed E-state index contributed by atoms with van der Waals surface area (Å²) in [6.45, 7) is 0.311. The number of nitrogens with one attached hydrogen (secondary N) is 1. The molecule has 9 nitrogen and oxygen atoms in total. The lowest BCUT2D eigenvalue weighted by atomic mass is 9.98. The molecule has 1 aromatic heterocycles. The quantitative estimate of drug-likeness (QED) is 0.553. The molecule has 4 rings (SSSR count). The van der Waals surface area contributed by atoms with Crippen LogP contribution in [0.25, 0.3) is 0 Å². The SMILES string of the molecule is O=S(=O)(N[C@H]1CC[C@@H](CCn2cc(C3(O)CCCC3)nn2)O[C@@H]1CO)c1ccccc1. The van der Waals surface area contributed by atoms with Crippen LogP contribution in [0.2, 0.25) is 0 Å². The van der Waals surface area contributed by atoms with Crippen molar-refractivity contribution < 1.29 is 23.4 Å². The third-order valence-corrected chi connectivity index (χ3v) is 7.79. The van der Waals surface area contributed by atoms with Crippen LogP contribution in [0, 0.1) is 0 Å². The average molecular weight is 451 g/mol. The molecule has 0 radical (unpaired) electrons. The minimum absolute atomic E-state index is 0.114. The Morgan fingerprint density at radius 2 is 1.94 bits per heavy atom. The van der Waals surface area contributed by atoms with Crippen LogP contribution >= 0.6 is 0 Å². The number of rotatable bonds is 8. The molecule has 31 heavy (non-hydrogen) atoms. The van der Waals surface area contributed by atoms with Gasteiger partial charge in [-0.1, -0.05) is 36.3 Å². The van der Waals surface area contributed by atoms with Crippen LogP contribution in [0.5, 0.6) is 0 Å². The van der Waals surface area contributed by atoms with Crippen LogP contribution in [0.15, 0.2) is 41.4 Å². The van der Waals surface area contributed by atoms with Gasteiger partial charge in [-0.2, -0.15) is 0 Å². The molecule has 170 valence electrons. The Bertz CT molecular complexity index is 959. The van der Waals surface area contributed by atoms with Crippen LogP contribution in [0.1, 0.15) is 50.6 Å². The number of nitrogens with zero attached hydrogens (tertiary/aromatic N) is 3. The highest BCUT2D eigenvalue weighted by Crippen LogP contribution is 2.37. The minimum Gasteiger partial charge on any atom is -0.394 e. The number of aromatic nitrogens is 3. The molecular weight excluding hydrogens is 420 g/mol. The number of aryl methyl sites for hydroxylation is 1. The molecule has 1 saturated carbocycles. The molecule has 1 saturated heterocycles. The molecule has 10 heteroatoms. The van der Waals surface area contributed by atoms with Crippen LogP contribution in [-0.4, -0.2) is 58.5 Å². The Labute approximate surface area is 182 Å². The van der Waals surface area contributed by atoms with Crippen molar-refractivity contribution >= 4 is 10.0 Å². The molecule has 0 spiro atoms. The summed E-state index contributed by atoms with van der Waals surface area (Å²) in [6.07, 6.45) is 6.41. The summed E-state index contributed by atoms with van der Waals surface area (Å²) in [5.74, 6) is 0. The van der Waals surface area contributed by atoms with Crippen molar-refractivity contribution in [2.45, 2.75) is 80.2 Å². The third kappa shape index (κ3) is 5.15. The van der Waals surface area contributed by atoms with E-state index >= 15 is 0 Å². The van der Waals surface area contributed by atoms with Gasteiger partial charge in [0, 0.05) is 6.54 Å². The highest BCUT2D eigenvalue weighted by molar-refractivity contribution is 7.89. The summed E-state index contributed by atoms with van der Waals surface area (Å²) >= 11 is 0. The van der Waals surface area contributed by atoms with Gasteiger partial charge < -0.3 is 14.9 Å². The maximum atomic E-state index is 12.6. The molecule has 3 N–H and O–H groups in total. The monoisotopic (exact) mass is 450 g/mol. The predicted octanol–water partition coefficient (Wildman–Crippen LogP) is 1.32. The number of sulfonamides is 1. The van der Waals surface area contributed by atoms with Gasteiger partial charge >= 0.3 is 0 Å². The molecule has 2 aliphatic rings. The topological polar surface area (TPSA) is 127 Å². The Balaban J connectivity index is 1.31. The molecule has 1 aliphatic heterocycles. The van der Waals surface area contributed by atoms with E-state index in [1.165, 1.54) is 12.1 Å². The van der Waals surface area contributed by atoms with Crippen molar-refractivity contribution in [3.8, 4) is 0 Å². The molecule has 0 unspecified atom stereocenters. The van der Waals surface area contributed by atoms with Crippen molar-refractivity contribution in [3.05, 3.63) is 42.2 Å². The van der Waals surface area contributed by atoms with Gasteiger partial charge in [0.25, 0.3) is 0 Å². The maximum Gasteiger partial charge on any atom is 0.240 e. The number of hydrogen-bond acceptors (Lipinski definition) is 7. The van der Waals surface area contributed by atoms with Gasteiger partial charge in [-0.25, -0.2) is 13.1 Å². The lowest BCUT2D eigenvalue weighted by molar-refractivity contribution is -0.0891. The van der Waals surface area contributed by atoms with Gasteiger partial charge in [-0.05, 0) is 44.2 Å². The zero-order valence-electron chi connectivity index (χ0n) is 17.4. The van der Waals surface area contributed by atoms with Crippen molar-refractivity contribution in [2.24, 2.45) is 0 Å². The number of benzene rings is 1. The number of ether oxygens (including phenoxy) is 1. The fourth-order valence-electron chi connectivity index (χ4n) is 4.46. The fourth-order valence-corrected chi connectivity index (χ4v) is 5.78. The molecule has 1 aliphatic carbocycles. The summed E-state index contributed by atoms with van der Waals surface area (Å²) in [7, 11) is -3.67. The molecule has 2 aromatic rings. The highest BCUT2D eigenvalue weighted by Gasteiger charge is 2.36. The van der Waals surface area contributed by atoms with E-state index in [1.807, 2.05) is 0 Å². The summed E-state index contributed by atoms with van der Waals surface area (Å²) < 4.78 is 35.6. The standard InChI is InChI=1S/C21H30N4O5S/c26-15-19-18(23-31(28,29)17-6-2-1-3-7-17)9-8-16(30-19)10-13-25-14-20(22-24-25)21(27)11-4-5-12-21/h1-3,6-7,14,16,18-19,23,26-27H,4-5,8-13,15H2/t16-,18-,19+/m0/s1. The van der Waals surface area contributed by atoms with Crippen LogP contribution in [0.3, 0.4) is 0 Å². The summed E-state index contributed by atoms with van der Waals surface area (Å²) in [5.41, 5.74) is -0.233. The second-order valence-electron chi connectivity index (χ2n) is 8.49. The minimum atomic E-state index is -3.67. The lowest BCUT2D eigenvalue weighted by Gasteiger charge is -2.36. The molecular formula is C21H30N4O5S. The van der Waals surface area contributed by atoms with E-state index in [0.29, 0.717) is 31.5 Å². The molecule has 2 fully saturated rings. The largest absolute Gasteiger partial charge is 0.394 e. The summed E-state index contributed by atoms with van der Waals surface area (Å²) in [5, 5.41) is 28.7. The van der Waals surface area contributed by atoms with E-state index in [-0.39, 0.29) is 17.6 Å². The third-order valence-electron chi connectivity index (χ3n) is 6.28. The van der Waals surface area contributed by atoms with Gasteiger partial charge in [0.1, 0.15) is 11.3 Å². The van der Waals surface area contributed by atoms with Gasteiger partial charge in [0.15, 0.2) is 0 Å². The zero-order valence-corrected chi connectivity index (χ0v) is 18.2. The first kappa shape index (κ1) is 22.3. The van der Waals surface area contributed by atoms with Crippen LogP contribution in [0.4, 0.5) is 0 Å². The zero-order chi connectivity index (χ0) is 21.9. The first-order chi connectivity index (χ1) is 14.9. The van der Waals surface area contributed by atoms with E-state index < -0.39 is 27.8 Å². The van der Waals surface area contributed by atoms with Gasteiger partial charge in [-0.3, -0.25) is 4.68 Å². The fraction of sp³-hybridized carbons (Fsp3) is 0.619. The Morgan fingerprint density at radius 1 is 1.19 bits per heavy atom. The van der Waals surface area contributed by atoms with Crippen molar-refractivity contribution in [3.63, 3.8) is 0 Å². The first-order valence-corrected chi connectivity index (χ1v) is 12.3. The summed E-state index contributed by atoms with van der Waals surface area (Å²) in [6, 6.07) is 7.70. The number of aliphatic hydroxyl groups excluding tert-OH is 1. The smallest absolute Gasteiger partial charge is 0.240 e. The molecule has 1 aromatic carbocycles. The number of hydrogen-bond donors (Lipinski definition) is 3. The lowest BCUT2D eigenvalue weighted by Crippen LogP contribution is -2.50. The maximum absolute atomic E-state index is 12.6. The molecule has 2 heterocycles. The second kappa shape index (κ2) is 9.33. The van der Waals surface area contributed by atoms with Crippen molar-refractivity contribution in [1.29, 1.82) is 0 Å². The number of aliphatic hydroxyl groups is 2. The Hall–Kier alpha value is -1.85. The van der Waals surface area contributed by atoms with Crippen molar-refractivity contribution in [2.75, 3.05) is 6.61 Å². The van der Waals surface area contributed by atoms with Gasteiger partial charge in [0.05, 0.1) is 35.9 Å². The predicted molar refractivity (Wildman–Crippen MR) is 113 cm³/mol. The molecule has 3 atom stereocenters. The first-order valence-electron chi connectivity index (χ1n) is 10.9. The second-order valence-corrected chi connectivity index (χ2v) is 10.2. The van der Waals surface area contributed by atoms with E-state index in [4.69, 9.17) is 4.74 Å². The Kier molecular flexibility index (Phi) is 6.73. The molecule has 0 amide bonds. The van der Waals surface area contributed by atoms with E-state index in [1.54, 1.807) is 29.1 Å². The van der Waals surface area contributed by atoms with E-state index in [2.05, 4.69) is 15.0 Å². The van der Waals surface area contributed by atoms with E-state index in [9.17, 15) is 18.6 Å². The average Bonchev–Trinajstić information content (AvgIpc) is 3.43. The van der Waals surface area contributed by atoms with Gasteiger partial charge in [0.2, 0.25) is 10.0 Å². The normalized spacial score (nSPS) is 26.2. The van der Waals surface area contributed by atoms with Crippen LogP contribution < -0.4 is 4.72 Å². The van der Waals surface area contributed by atoms with E-state index in [0.717, 1.165) is 25.7 Å². The van der Waals surface area contributed by atoms with Crippen LogP contribution in [-0.2, 0) is 26.9 Å².